The summed E-state index contributed by atoms with van der Waals surface area (Å²) in [6.07, 6.45) is 5.45. The summed E-state index contributed by atoms with van der Waals surface area (Å²) in [4.78, 5) is 7.35. The van der Waals surface area contributed by atoms with Gasteiger partial charge in [0.15, 0.2) is 5.96 Å². The second-order valence-corrected chi connectivity index (χ2v) is 6.61. The highest BCUT2D eigenvalue weighted by atomic mass is 127. The maximum absolute atomic E-state index is 4.76. The lowest BCUT2D eigenvalue weighted by molar-refractivity contribution is 0.150. The normalized spacial score (nSPS) is 22.5. The summed E-state index contributed by atoms with van der Waals surface area (Å²) in [6, 6.07) is 0.555. The Morgan fingerprint density at radius 2 is 1.86 bits per heavy atom. The van der Waals surface area contributed by atoms with E-state index in [0.717, 1.165) is 37.4 Å². The number of hydrogen-bond donors (Lipinski definition) is 2. The van der Waals surface area contributed by atoms with Crippen molar-refractivity contribution < 1.29 is 0 Å². The third-order valence-electron chi connectivity index (χ3n) is 4.55. The van der Waals surface area contributed by atoms with E-state index in [1.165, 1.54) is 38.8 Å². The van der Waals surface area contributed by atoms with E-state index in [4.69, 9.17) is 4.99 Å². The van der Waals surface area contributed by atoms with Gasteiger partial charge in [-0.05, 0) is 64.5 Å². The number of rotatable bonds is 6. The smallest absolute Gasteiger partial charge is 0.191 e. The molecule has 1 unspecified atom stereocenters. The van der Waals surface area contributed by atoms with Gasteiger partial charge in [-0.1, -0.05) is 6.92 Å². The summed E-state index contributed by atoms with van der Waals surface area (Å²) in [7, 11) is 0. The highest BCUT2D eigenvalue weighted by Gasteiger charge is 2.22. The molecule has 0 radical (unpaired) electrons. The number of likely N-dealkylation sites (tertiary alicyclic amines) is 1. The van der Waals surface area contributed by atoms with Gasteiger partial charge in [0.25, 0.3) is 0 Å². The predicted octanol–water partition coefficient (Wildman–Crippen LogP) is 2.69. The highest BCUT2D eigenvalue weighted by Crippen LogP contribution is 2.27. The SMILES string of the molecule is CCNC(=NCC(C)N1CCC(C)CC1)NCC1CC1.I. The average molecular weight is 408 g/mol. The van der Waals surface area contributed by atoms with Crippen LogP contribution in [0.15, 0.2) is 4.99 Å². The van der Waals surface area contributed by atoms with Gasteiger partial charge in [-0.2, -0.15) is 0 Å². The van der Waals surface area contributed by atoms with E-state index in [2.05, 4.69) is 36.3 Å². The number of piperidine rings is 1. The molecule has 21 heavy (non-hydrogen) atoms. The summed E-state index contributed by atoms with van der Waals surface area (Å²) in [5.41, 5.74) is 0. The van der Waals surface area contributed by atoms with Gasteiger partial charge in [0.1, 0.15) is 0 Å². The minimum absolute atomic E-state index is 0. The van der Waals surface area contributed by atoms with Gasteiger partial charge in [-0.25, -0.2) is 0 Å². The van der Waals surface area contributed by atoms with Gasteiger partial charge in [-0.3, -0.25) is 9.89 Å². The van der Waals surface area contributed by atoms with Crippen molar-refractivity contribution in [1.82, 2.24) is 15.5 Å². The maximum Gasteiger partial charge on any atom is 0.191 e. The van der Waals surface area contributed by atoms with Crippen LogP contribution in [0.3, 0.4) is 0 Å². The van der Waals surface area contributed by atoms with Crippen LogP contribution in [0.25, 0.3) is 0 Å². The molecule has 2 N–H and O–H groups in total. The summed E-state index contributed by atoms with van der Waals surface area (Å²) in [5.74, 6) is 2.79. The average Bonchev–Trinajstić information content (AvgIpc) is 3.26. The largest absolute Gasteiger partial charge is 0.357 e. The Labute approximate surface area is 147 Å². The van der Waals surface area contributed by atoms with Crippen molar-refractivity contribution >= 4 is 29.9 Å². The molecule has 1 aliphatic heterocycles. The Bertz CT molecular complexity index is 309. The lowest BCUT2D eigenvalue weighted by Gasteiger charge is -2.34. The number of halogens is 1. The fraction of sp³-hybridized carbons (Fsp3) is 0.938. The molecule has 5 heteroatoms. The van der Waals surface area contributed by atoms with Gasteiger partial charge in [0.05, 0.1) is 6.54 Å². The molecule has 0 amide bonds. The Morgan fingerprint density at radius 3 is 2.43 bits per heavy atom. The van der Waals surface area contributed by atoms with Crippen LogP contribution in [0.1, 0.15) is 46.5 Å². The fourth-order valence-corrected chi connectivity index (χ4v) is 2.71. The number of guanidine groups is 1. The quantitative estimate of drug-likeness (QED) is 0.403. The number of hydrogen-bond acceptors (Lipinski definition) is 2. The summed E-state index contributed by atoms with van der Waals surface area (Å²) >= 11 is 0. The third-order valence-corrected chi connectivity index (χ3v) is 4.55. The van der Waals surface area contributed by atoms with E-state index in [1.807, 2.05) is 0 Å². The Kier molecular flexibility index (Phi) is 8.94. The molecule has 2 fully saturated rings. The first-order valence-corrected chi connectivity index (χ1v) is 8.45. The van der Waals surface area contributed by atoms with Gasteiger partial charge >= 0.3 is 0 Å². The van der Waals surface area contributed by atoms with Crippen LogP contribution in [0.5, 0.6) is 0 Å². The Morgan fingerprint density at radius 1 is 1.19 bits per heavy atom. The van der Waals surface area contributed by atoms with E-state index in [-0.39, 0.29) is 24.0 Å². The number of nitrogens with zero attached hydrogens (tertiary/aromatic N) is 2. The van der Waals surface area contributed by atoms with Gasteiger partial charge in [0, 0.05) is 19.1 Å². The molecule has 1 atom stereocenters. The van der Waals surface area contributed by atoms with Crippen LogP contribution in [0.2, 0.25) is 0 Å². The van der Waals surface area contributed by atoms with Crippen LogP contribution < -0.4 is 10.6 Å². The summed E-state index contributed by atoms with van der Waals surface area (Å²) < 4.78 is 0. The molecule has 124 valence electrons. The molecule has 0 spiro atoms. The second-order valence-electron chi connectivity index (χ2n) is 6.61. The molecule has 0 aromatic carbocycles. The van der Waals surface area contributed by atoms with Crippen molar-refractivity contribution in [3.05, 3.63) is 0 Å². The van der Waals surface area contributed by atoms with Gasteiger partial charge < -0.3 is 10.6 Å². The molecule has 0 aromatic heterocycles. The summed E-state index contributed by atoms with van der Waals surface area (Å²) in [5, 5.41) is 6.82. The topological polar surface area (TPSA) is 39.7 Å². The van der Waals surface area contributed by atoms with E-state index in [0.29, 0.717) is 6.04 Å². The molecule has 1 saturated carbocycles. The third kappa shape index (κ3) is 7.17. The fourth-order valence-electron chi connectivity index (χ4n) is 2.71. The molecule has 1 aliphatic carbocycles. The molecule has 2 aliphatic rings. The van der Waals surface area contributed by atoms with E-state index in [1.54, 1.807) is 0 Å². The van der Waals surface area contributed by atoms with Crippen molar-refractivity contribution in [2.24, 2.45) is 16.8 Å². The maximum atomic E-state index is 4.76. The highest BCUT2D eigenvalue weighted by molar-refractivity contribution is 14.0. The zero-order chi connectivity index (χ0) is 14.4. The van der Waals surface area contributed by atoms with Crippen LogP contribution in [0.4, 0.5) is 0 Å². The summed E-state index contributed by atoms with van der Waals surface area (Å²) in [6.45, 7) is 12.2. The van der Waals surface area contributed by atoms with Crippen molar-refractivity contribution in [2.45, 2.75) is 52.5 Å². The minimum atomic E-state index is 0. The molecule has 1 saturated heterocycles. The van der Waals surface area contributed by atoms with E-state index in [9.17, 15) is 0 Å². The van der Waals surface area contributed by atoms with Crippen molar-refractivity contribution in [1.29, 1.82) is 0 Å². The first-order chi connectivity index (χ1) is 9.69. The standard InChI is InChI=1S/C16H32N4.HI/c1-4-17-16(19-12-15-5-6-15)18-11-14(3)20-9-7-13(2)8-10-20;/h13-15H,4-12H2,1-3H3,(H2,17,18,19);1H. The Hall–Kier alpha value is -0.0400. The number of nitrogens with one attached hydrogen (secondary N) is 2. The molecule has 1 heterocycles. The monoisotopic (exact) mass is 408 g/mol. The van der Waals surface area contributed by atoms with Gasteiger partial charge in [0.2, 0.25) is 0 Å². The molecule has 0 bridgehead atoms. The lowest BCUT2D eigenvalue weighted by atomic mass is 9.98. The second kappa shape index (κ2) is 9.87. The molecule has 2 rings (SSSR count). The molecular weight excluding hydrogens is 375 g/mol. The van der Waals surface area contributed by atoms with Crippen LogP contribution >= 0.6 is 24.0 Å². The first kappa shape index (κ1) is 19.0. The zero-order valence-corrected chi connectivity index (χ0v) is 16.2. The predicted molar refractivity (Wildman–Crippen MR) is 102 cm³/mol. The first-order valence-electron chi connectivity index (χ1n) is 8.45. The molecule has 4 nitrogen and oxygen atoms in total. The van der Waals surface area contributed by atoms with E-state index < -0.39 is 0 Å². The van der Waals surface area contributed by atoms with Crippen LogP contribution in [0, 0.1) is 11.8 Å². The van der Waals surface area contributed by atoms with E-state index >= 15 is 0 Å². The Balaban J connectivity index is 0.00000220. The van der Waals surface area contributed by atoms with Crippen LogP contribution in [-0.4, -0.2) is 49.6 Å². The van der Waals surface area contributed by atoms with Crippen molar-refractivity contribution in [3.8, 4) is 0 Å². The van der Waals surface area contributed by atoms with Crippen molar-refractivity contribution in [3.63, 3.8) is 0 Å². The molecular formula is C16H33IN4. The number of aliphatic imine (C=N–C) groups is 1. The zero-order valence-electron chi connectivity index (χ0n) is 13.9. The minimum Gasteiger partial charge on any atom is -0.357 e. The van der Waals surface area contributed by atoms with Gasteiger partial charge in [-0.15, -0.1) is 24.0 Å². The lowest BCUT2D eigenvalue weighted by Crippen LogP contribution is -2.43. The molecule has 0 aromatic rings. The van der Waals surface area contributed by atoms with Crippen LogP contribution in [-0.2, 0) is 0 Å². The van der Waals surface area contributed by atoms with Crippen molar-refractivity contribution in [2.75, 3.05) is 32.7 Å².